The maximum Gasteiger partial charge on any atom is 0.0691 e. The van der Waals surface area contributed by atoms with E-state index in [-0.39, 0.29) is 6.10 Å². The minimum atomic E-state index is -0.315. The first-order valence-electron chi connectivity index (χ1n) is 4.59. The summed E-state index contributed by atoms with van der Waals surface area (Å²) < 4.78 is 3.13. The summed E-state index contributed by atoms with van der Waals surface area (Å²) in [5, 5.41) is 10.5. The normalized spacial score (nSPS) is 13.4. The van der Waals surface area contributed by atoms with E-state index >= 15 is 0 Å². The third-order valence-electron chi connectivity index (χ3n) is 2.20. The Hall–Kier alpha value is -0.800. The van der Waals surface area contributed by atoms with E-state index in [1.807, 2.05) is 12.3 Å². The molecular formula is C11H12BrNO. The number of rotatable bonds is 2. The van der Waals surface area contributed by atoms with E-state index in [1.165, 1.54) is 5.39 Å². The Kier molecular flexibility index (Phi) is 2.61. The van der Waals surface area contributed by atoms with Crippen LogP contribution in [0.3, 0.4) is 0 Å². The van der Waals surface area contributed by atoms with Gasteiger partial charge in [-0.2, -0.15) is 0 Å². The molecule has 2 rings (SSSR count). The summed E-state index contributed by atoms with van der Waals surface area (Å²) in [5.41, 5.74) is 1.15. The van der Waals surface area contributed by atoms with Gasteiger partial charge in [-0.15, -0.1) is 0 Å². The van der Waals surface area contributed by atoms with Crippen LogP contribution in [0.5, 0.6) is 0 Å². The molecule has 0 aliphatic carbocycles. The quantitative estimate of drug-likeness (QED) is 0.875. The number of aliphatic hydroxyl groups excluding tert-OH is 1. The van der Waals surface area contributed by atoms with Crippen LogP contribution in [0.15, 0.2) is 34.9 Å². The van der Waals surface area contributed by atoms with Gasteiger partial charge in [-0.1, -0.05) is 22.0 Å². The van der Waals surface area contributed by atoms with Crippen molar-refractivity contribution in [1.29, 1.82) is 0 Å². The van der Waals surface area contributed by atoms with Crippen LogP contribution in [-0.4, -0.2) is 15.8 Å². The molecule has 0 fully saturated rings. The molecule has 0 amide bonds. The topological polar surface area (TPSA) is 25.2 Å². The van der Waals surface area contributed by atoms with Gasteiger partial charge in [0.2, 0.25) is 0 Å². The highest BCUT2D eigenvalue weighted by molar-refractivity contribution is 9.10. The van der Waals surface area contributed by atoms with E-state index < -0.39 is 0 Å². The number of halogens is 1. The van der Waals surface area contributed by atoms with E-state index in [2.05, 4.69) is 38.7 Å². The number of nitrogens with zero attached hydrogens (tertiary/aromatic N) is 1. The Morgan fingerprint density at radius 2 is 2.21 bits per heavy atom. The van der Waals surface area contributed by atoms with Crippen molar-refractivity contribution in [2.45, 2.75) is 19.6 Å². The summed E-state index contributed by atoms with van der Waals surface area (Å²) in [6.45, 7) is 2.43. The fourth-order valence-corrected chi connectivity index (χ4v) is 1.95. The monoisotopic (exact) mass is 253 g/mol. The highest BCUT2D eigenvalue weighted by Crippen LogP contribution is 2.21. The molecule has 0 saturated heterocycles. The maximum absolute atomic E-state index is 9.32. The van der Waals surface area contributed by atoms with Crippen LogP contribution in [0.2, 0.25) is 0 Å². The average molecular weight is 254 g/mol. The van der Waals surface area contributed by atoms with Crippen LogP contribution >= 0.6 is 15.9 Å². The molecule has 1 heterocycles. The molecular weight excluding hydrogens is 242 g/mol. The van der Waals surface area contributed by atoms with Crippen LogP contribution in [0.1, 0.15) is 6.92 Å². The van der Waals surface area contributed by atoms with Crippen LogP contribution in [-0.2, 0) is 6.54 Å². The van der Waals surface area contributed by atoms with E-state index in [4.69, 9.17) is 0 Å². The second-order valence-corrected chi connectivity index (χ2v) is 4.44. The lowest BCUT2D eigenvalue weighted by Gasteiger charge is -2.07. The molecule has 0 bridgehead atoms. The minimum absolute atomic E-state index is 0.315. The summed E-state index contributed by atoms with van der Waals surface area (Å²) in [6.07, 6.45) is 1.69. The molecule has 2 nitrogen and oxygen atoms in total. The summed E-state index contributed by atoms with van der Waals surface area (Å²) in [6, 6.07) is 8.22. The lowest BCUT2D eigenvalue weighted by molar-refractivity contribution is 0.175. The third kappa shape index (κ3) is 1.83. The predicted molar refractivity (Wildman–Crippen MR) is 61.3 cm³/mol. The maximum atomic E-state index is 9.32. The van der Waals surface area contributed by atoms with Gasteiger partial charge in [0.25, 0.3) is 0 Å². The van der Waals surface area contributed by atoms with E-state index in [0.29, 0.717) is 6.54 Å². The first kappa shape index (κ1) is 9.74. The Labute approximate surface area is 91.3 Å². The molecule has 2 aromatic rings. The number of hydrogen-bond acceptors (Lipinski definition) is 1. The average Bonchev–Trinajstić information content (AvgIpc) is 2.47. The Morgan fingerprint density at radius 3 is 2.93 bits per heavy atom. The van der Waals surface area contributed by atoms with Gasteiger partial charge in [-0.25, -0.2) is 0 Å². The molecule has 14 heavy (non-hydrogen) atoms. The first-order chi connectivity index (χ1) is 6.66. The van der Waals surface area contributed by atoms with Gasteiger partial charge in [0.1, 0.15) is 0 Å². The molecule has 74 valence electrons. The van der Waals surface area contributed by atoms with Crippen molar-refractivity contribution in [1.82, 2.24) is 4.57 Å². The molecule has 0 saturated carbocycles. The zero-order chi connectivity index (χ0) is 10.1. The van der Waals surface area contributed by atoms with Crippen molar-refractivity contribution < 1.29 is 5.11 Å². The molecule has 0 aliphatic rings. The number of hydrogen-bond donors (Lipinski definition) is 1. The molecule has 1 N–H and O–H groups in total. The smallest absolute Gasteiger partial charge is 0.0691 e. The van der Waals surface area contributed by atoms with Gasteiger partial charge in [0.05, 0.1) is 6.10 Å². The molecule has 0 aliphatic heterocycles. The molecule has 1 unspecified atom stereocenters. The fraction of sp³-hybridized carbons (Fsp3) is 0.273. The predicted octanol–water partition coefficient (Wildman–Crippen LogP) is 2.78. The van der Waals surface area contributed by atoms with Gasteiger partial charge in [-0.05, 0) is 30.5 Å². The first-order valence-corrected chi connectivity index (χ1v) is 5.38. The Bertz CT molecular complexity index is 447. The SMILES string of the molecule is CC(O)Cn1ccc2ccc(Br)cc21. The van der Waals surface area contributed by atoms with Gasteiger partial charge in [0.15, 0.2) is 0 Å². The van der Waals surface area contributed by atoms with Crippen molar-refractivity contribution in [3.8, 4) is 0 Å². The van der Waals surface area contributed by atoms with Gasteiger partial charge < -0.3 is 9.67 Å². The Morgan fingerprint density at radius 1 is 1.43 bits per heavy atom. The van der Waals surface area contributed by atoms with Crippen LogP contribution in [0.4, 0.5) is 0 Å². The van der Waals surface area contributed by atoms with E-state index in [0.717, 1.165) is 9.99 Å². The van der Waals surface area contributed by atoms with Crippen LogP contribution in [0.25, 0.3) is 10.9 Å². The van der Waals surface area contributed by atoms with Gasteiger partial charge in [-0.3, -0.25) is 0 Å². The highest BCUT2D eigenvalue weighted by atomic mass is 79.9. The van der Waals surface area contributed by atoms with Crippen LogP contribution < -0.4 is 0 Å². The highest BCUT2D eigenvalue weighted by Gasteiger charge is 2.03. The zero-order valence-corrected chi connectivity index (χ0v) is 9.53. The second kappa shape index (κ2) is 3.75. The van der Waals surface area contributed by atoms with Crippen molar-refractivity contribution >= 4 is 26.8 Å². The molecule has 3 heteroatoms. The zero-order valence-electron chi connectivity index (χ0n) is 7.94. The van der Waals surface area contributed by atoms with E-state index in [1.54, 1.807) is 6.92 Å². The largest absolute Gasteiger partial charge is 0.392 e. The van der Waals surface area contributed by atoms with Gasteiger partial charge >= 0.3 is 0 Å². The fourth-order valence-electron chi connectivity index (χ4n) is 1.60. The number of aliphatic hydroxyl groups is 1. The summed E-state index contributed by atoms with van der Waals surface area (Å²) in [4.78, 5) is 0. The lowest BCUT2D eigenvalue weighted by Crippen LogP contribution is -2.10. The molecule has 0 radical (unpaired) electrons. The summed E-state index contributed by atoms with van der Waals surface area (Å²) in [5.74, 6) is 0. The minimum Gasteiger partial charge on any atom is -0.392 e. The molecule has 1 atom stereocenters. The number of fused-ring (bicyclic) bond motifs is 1. The van der Waals surface area contributed by atoms with Crippen molar-refractivity contribution in [2.75, 3.05) is 0 Å². The summed E-state index contributed by atoms with van der Waals surface area (Å²) in [7, 11) is 0. The van der Waals surface area contributed by atoms with Crippen molar-refractivity contribution in [3.05, 3.63) is 34.9 Å². The van der Waals surface area contributed by atoms with E-state index in [9.17, 15) is 5.11 Å². The second-order valence-electron chi connectivity index (χ2n) is 3.52. The molecule has 0 spiro atoms. The number of benzene rings is 1. The third-order valence-corrected chi connectivity index (χ3v) is 2.69. The van der Waals surface area contributed by atoms with Gasteiger partial charge in [0, 0.05) is 22.7 Å². The standard InChI is InChI=1S/C11H12BrNO/c1-8(14)7-13-5-4-9-2-3-10(12)6-11(9)13/h2-6,8,14H,7H2,1H3. The van der Waals surface area contributed by atoms with Crippen molar-refractivity contribution in [3.63, 3.8) is 0 Å². The molecule has 1 aromatic carbocycles. The van der Waals surface area contributed by atoms with Crippen LogP contribution in [0, 0.1) is 0 Å². The van der Waals surface area contributed by atoms with Crippen molar-refractivity contribution in [2.24, 2.45) is 0 Å². The summed E-state index contributed by atoms with van der Waals surface area (Å²) >= 11 is 3.44. The lowest BCUT2D eigenvalue weighted by atomic mass is 10.2. The molecule has 1 aromatic heterocycles. The Balaban J connectivity index is 2.50. The number of aromatic nitrogens is 1.